The van der Waals surface area contributed by atoms with E-state index in [4.69, 9.17) is 5.11 Å². The second-order valence-corrected chi connectivity index (χ2v) is 9.93. The molecule has 12 heteroatoms. The Labute approximate surface area is 215 Å². The van der Waals surface area contributed by atoms with E-state index in [-0.39, 0.29) is 23.3 Å². The summed E-state index contributed by atoms with van der Waals surface area (Å²) in [6.07, 6.45) is 1.90. The Hall–Kier alpha value is -4.14. The number of aliphatic carboxylic acids is 1. The molecular formula is C26H24F3N5O4. The summed E-state index contributed by atoms with van der Waals surface area (Å²) in [5.74, 6) is 4.50. The number of benzene rings is 1. The predicted molar refractivity (Wildman–Crippen MR) is 128 cm³/mol. The van der Waals surface area contributed by atoms with E-state index in [9.17, 15) is 22.8 Å². The van der Waals surface area contributed by atoms with Crippen LogP contribution in [0.4, 0.5) is 13.2 Å². The molecule has 2 fully saturated rings. The zero-order valence-electron chi connectivity index (χ0n) is 20.5. The molecule has 38 heavy (non-hydrogen) atoms. The Balaban J connectivity index is 1.40. The lowest BCUT2D eigenvalue weighted by Gasteiger charge is -2.56. The van der Waals surface area contributed by atoms with Gasteiger partial charge in [0, 0.05) is 34.9 Å². The van der Waals surface area contributed by atoms with Gasteiger partial charge in [-0.3, -0.25) is 14.3 Å². The van der Waals surface area contributed by atoms with Crippen molar-refractivity contribution in [3.05, 3.63) is 47.4 Å². The van der Waals surface area contributed by atoms with Crippen LogP contribution < -0.4 is 10.1 Å². The van der Waals surface area contributed by atoms with Crippen LogP contribution in [0.1, 0.15) is 67.1 Å². The molecule has 1 atom stereocenters. The summed E-state index contributed by atoms with van der Waals surface area (Å²) in [5, 5.41) is 17.3. The third-order valence-corrected chi connectivity index (χ3v) is 7.37. The maximum Gasteiger partial charge on any atom is 0.575 e. The molecule has 2 heterocycles. The average molecular weight is 528 g/mol. The summed E-state index contributed by atoms with van der Waals surface area (Å²) in [5.41, 5.74) is 2.05. The quantitative estimate of drug-likeness (QED) is 0.464. The number of carbonyl (C=O) groups is 2. The number of amides is 1. The van der Waals surface area contributed by atoms with Gasteiger partial charge in [0.05, 0.1) is 29.2 Å². The number of carboxylic acid groups (broad SMARTS) is 1. The van der Waals surface area contributed by atoms with Gasteiger partial charge < -0.3 is 15.2 Å². The van der Waals surface area contributed by atoms with Crippen molar-refractivity contribution in [2.24, 2.45) is 11.3 Å². The molecule has 5 rings (SSSR count). The molecule has 1 amide bonds. The summed E-state index contributed by atoms with van der Waals surface area (Å²) in [7, 11) is 0. The van der Waals surface area contributed by atoms with Crippen molar-refractivity contribution in [1.29, 1.82) is 0 Å². The predicted octanol–water partition coefficient (Wildman–Crippen LogP) is 4.08. The standard InChI is InChI=1S/C26H24F3N5O4/c1-3-4-15-5-6-19(22(35)33-18-9-25(10-18)7-16(8-25)23(36)37)21-20(15)13-32-34(21)14(2)17-11-30-24(31-12-17)38-26(27,28)29/h5-6,11-14,16,18H,7-10H2,1-2H3,(H,33,35)(H,36,37). The lowest BCUT2D eigenvalue weighted by molar-refractivity contribution is -0.277. The largest absolute Gasteiger partial charge is 0.575 e. The first-order valence-electron chi connectivity index (χ1n) is 12.0. The highest BCUT2D eigenvalue weighted by atomic mass is 19.4. The Morgan fingerprint density at radius 1 is 1.18 bits per heavy atom. The third-order valence-electron chi connectivity index (χ3n) is 7.37. The van der Waals surface area contributed by atoms with E-state index in [1.54, 1.807) is 36.9 Å². The van der Waals surface area contributed by atoms with E-state index in [2.05, 4.69) is 37.0 Å². The van der Waals surface area contributed by atoms with Crippen LogP contribution in [0.3, 0.4) is 0 Å². The number of hydrogen-bond donors (Lipinski definition) is 2. The number of nitrogens with one attached hydrogen (secondary N) is 1. The van der Waals surface area contributed by atoms with Gasteiger partial charge in [-0.2, -0.15) is 5.10 Å². The van der Waals surface area contributed by atoms with Gasteiger partial charge in [0.1, 0.15) is 0 Å². The van der Waals surface area contributed by atoms with Crippen molar-refractivity contribution in [3.8, 4) is 17.9 Å². The number of carboxylic acids is 1. The monoisotopic (exact) mass is 527 g/mol. The zero-order chi connectivity index (χ0) is 27.2. The highest BCUT2D eigenvalue weighted by molar-refractivity contribution is 6.07. The Morgan fingerprint density at radius 3 is 2.47 bits per heavy atom. The van der Waals surface area contributed by atoms with Crippen molar-refractivity contribution in [2.75, 3.05) is 0 Å². The minimum Gasteiger partial charge on any atom is -0.481 e. The Kier molecular flexibility index (Phi) is 6.25. The summed E-state index contributed by atoms with van der Waals surface area (Å²) < 4.78 is 42.7. The first-order valence-corrected chi connectivity index (χ1v) is 12.0. The summed E-state index contributed by atoms with van der Waals surface area (Å²) >= 11 is 0. The van der Waals surface area contributed by atoms with Crippen molar-refractivity contribution >= 4 is 22.8 Å². The number of aromatic nitrogens is 4. The highest BCUT2D eigenvalue weighted by Gasteiger charge is 2.55. The van der Waals surface area contributed by atoms with Gasteiger partial charge >= 0.3 is 18.3 Å². The first-order chi connectivity index (χ1) is 18.0. The van der Waals surface area contributed by atoms with Crippen LogP contribution in [-0.2, 0) is 4.79 Å². The molecule has 0 radical (unpaired) electrons. The van der Waals surface area contributed by atoms with Gasteiger partial charge in [-0.1, -0.05) is 5.92 Å². The number of carbonyl (C=O) groups excluding carboxylic acids is 1. The van der Waals surface area contributed by atoms with Crippen LogP contribution >= 0.6 is 0 Å². The van der Waals surface area contributed by atoms with E-state index in [1.165, 1.54) is 12.4 Å². The number of nitrogens with zero attached hydrogens (tertiary/aromatic N) is 4. The van der Waals surface area contributed by atoms with Gasteiger partial charge in [0.2, 0.25) is 0 Å². The molecule has 2 saturated carbocycles. The molecule has 1 spiro atoms. The number of halogens is 3. The van der Waals surface area contributed by atoms with Crippen molar-refractivity contribution in [2.45, 2.75) is 58.0 Å². The van der Waals surface area contributed by atoms with E-state index in [0.717, 1.165) is 12.8 Å². The molecule has 0 saturated heterocycles. The Morgan fingerprint density at radius 2 is 1.87 bits per heavy atom. The molecule has 2 aliphatic carbocycles. The molecule has 9 nitrogen and oxygen atoms in total. The van der Waals surface area contributed by atoms with Crippen LogP contribution in [0.15, 0.2) is 30.7 Å². The molecule has 0 aliphatic heterocycles. The molecule has 1 aromatic carbocycles. The first kappa shape index (κ1) is 25.5. The second kappa shape index (κ2) is 9.31. The maximum atomic E-state index is 13.4. The fourth-order valence-corrected chi connectivity index (χ4v) is 5.57. The smallest absolute Gasteiger partial charge is 0.481 e. The summed E-state index contributed by atoms with van der Waals surface area (Å²) in [6, 6.07) is 2.03. The number of ether oxygens (including phenoxy) is 1. The molecule has 3 aromatic rings. The third kappa shape index (κ3) is 4.76. The molecule has 2 aliphatic rings. The van der Waals surface area contributed by atoms with Gasteiger partial charge in [0.15, 0.2) is 0 Å². The molecule has 2 aromatic heterocycles. The molecule has 1 unspecified atom stereocenters. The number of hydrogen-bond acceptors (Lipinski definition) is 6. The normalized spacial score (nSPS) is 23.1. The second-order valence-electron chi connectivity index (χ2n) is 9.93. The number of alkyl halides is 3. The van der Waals surface area contributed by atoms with Crippen LogP contribution in [0.5, 0.6) is 6.01 Å². The topological polar surface area (TPSA) is 119 Å². The van der Waals surface area contributed by atoms with Crippen LogP contribution in [0, 0.1) is 23.2 Å². The van der Waals surface area contributed by atoms with Gasteiger partial charge in [-0.15, -0.1) is 19.1 Å². The molecule has 0 bridgehead atoms. The fraction of sp³-hybridized carbons (Fsp3) is 0.423. The lowest BCUT2D eigenvalue weighted by atomic mass is 9.50. The lowest BCUT2D eigenvalue weighted by Crippen LogP contribution is -2.57. The fourth-order valence-electron chi connectivity index (χ4n) is 5.57. The summed E-state index contributed by atoms with van der Waals surface area (Å²) in [6.45, 7) is 3.46. The van der Waals surface area contributed by atoms with Gasteiger partial charge in [-0.25, -0.2) is 9.97 Å². The van der Waals surface area contributed by atoms with Crippen LogP contribution in [0.2, 0.25) is 0 Å². The van der Waals surface area contributed by atoms with Crippen LogP contribution in [-0.4, -0.2) is 49.1 Å². The average Bonchev–Trinajstić information content (AvgIpc) is 3.24. The van der Waals surface area contributed by atoms with Gasteiger partial charge in [-0.05, 0) is 57.1 Å². The van der Waals surface area contributed by atoms with Crippen molar-refractivity contribution in [1.82, 2.24) is 25.1 Å². The minimum absolute atomic E-state index is 0.00910. The Bertz CT molecular complexity index is 1460. The minimum atomic E-state index is -4.90. The maximum absolute atomic E-state index is 13.4. The molecule has 198 valence electrons. The molecular weight excluding hydrogens is 503 g/mol. The highest BCUT2D eigenvalue weighted by Crippen LogP contribution is 2.58. The van der Waals surface area contributed by atoms with Gasteiger partial charge in [0.25, 0.3) is 5.91 Å². The van der Waals surface area contributed by atoms with Crippen LogP contribution in [0.25, 0.3) is 10.9 Å². The van der Waals surface area contributed by atoms with E-state index < -0.39 is 24.4 Å². The number of rotatable bonds is 6. The SMILES string of the molecule is CC#Cc1ccc(C(=O)NC2CC3(C2)CC(C(=O)O)C3)c2c1cnn2C(C)c1cnc(OC(F)(F)F)nc1. The molecule has 2 N–H and O–H groups in total. The van der Waals surface area contributed by atoms with E-state index >= 15 is 0 Å². The van der Waals surface area contributed by atoms with E-state index in [0.29, 0.717) is 40.4 Å². The van der Waals surface area contributed by atoms with Crippen molar-refractivity contribution < 1.29 is 32.6 Å². The number of fused-ring (bicyclic) bond motifs is 1. The summed E-state index contributed by atoms with van der Waals surface area (Å²) in [4.78, 5) is 31.8. The van der Waals surface area contributed by atoms with E-state index in [1.807, 2.05) is 0 Å². The zero-order valence-corrected chi connectivity index (χ0v) is 20.5. The van der Waals surface area contributed by atoms with Crippen molar-refractivity contribution in [3.63, 3.8) is 0 Å².